The first-order valence-corrected chi connectivity index (χ1v) is 6.00. The Kier molecular flexibility index (Phi) is 3.14. The van der Waals surface area contributed by atoms with Crippen molar-refractivity contribution in [3.8, 4) is 0 Å². The van der Waals surface area contributed by atoms with Crippen LogP contribution in [0.5, 0.6) is 0 Å². The molecule has 0 unspecified atom stereocenters. The minimum absolute atomic E-state index is 0.0396. The summed E-state index contributed by atoms with van der Waals surface area (Å²) in [5.74, 6) is -0.266. The summed E-state index contributed by atoms with van der Waals surface area (Å²) in [4.78, 5) is 12.2. The second-order valence-corrected chi connectivity index (χ2v) is 5.35. The molecule has 0 heterocycles. The quantitative estimate of drug-likeness (QED) is 0.700. The lowest BCUT2D eigenvalue weighted by atomic mass is 9.78. The van der Waals surface area contributed by atoms with Crippen LogP contribution in [0, 0.1) is 11.2 Å². The summed E-state index contributed by atoms with van der Waals surface area (Å²) in [7, 11) is 0. The van der Waals surface area contributed by atoms with Gasteiger partial charge in [-0.2, -0.15) is 0 Å². The molecule has 1 aromatic carbocycles. The van der Waals surface area contributed by atoms with E-state index in [1.165, 1.54) is 12.1 Å². The highest BCUT2D eigenvalue weighted by Gasteiger charge is 2.24. The monoisotopic (exact) mass is 232 g/mol. The lowest BCUT2D eigenvalue weighted by Gasteiger charge is -2.26. The van der Waals surface area contributed by atoms with Gasteiger partial charge in [-0.05, 0) is 54.5 Å². The molecular weight excluding hydrogens is 215 g/mol. The molecule has 90 valence electrons. The Morgan fingerprint density at radius 1 is 1.24 bits per heavy atom. The number of carbonyl (C=O) groups excluding carboxylic acids is 1. The lowest BCUT2D eigenvalue weighted by Crippen LogP contribution is -2.17. The molecule has 2 heteroatoms. The van der Waals surface area contributed by atoms with Crippen LogP contribution in [-0.2, 0) is 0 Å². The van der Waals surface area contributed by atoms with Gasteiger partial charge in [-0.15, -0.1) is 0 Å². The van der Waals surface area contributed by atoms with Crippen molar-refractivity contribution in [1.29, 1.82) is 0 Å². The van der Waals surface area contributed by atoms with Crippen molar-refractivity contribution < 1.29 is 9.18 Å². The van der Waals surface area contributed by atoms with Gasteiger partial charge < -0.3 is 0 Å². The maximum Gasteiger partial charge on any atom is 0.188 e. The van der Waals surface area contributed by atoms with Crippen molar-refractivity contribution in [1.82, 2.24) is 0 Å². The van der Waals surface area contributed by atoms with E-state index in [1.54, 1.807) is 12.1 Å². The van der Waals surface area contributed by atoms with Gasteiger partial charge in [0.1, 0.15) is 5.82 Å². The molecule has 0 fully saturated rings. The van der Waals surface area contributed by atoms with Crippen molar-refractivity contribution in [2.24, 2.45) is 5.41 Å². The summed E-state index contributed by atoms with van der Waals surface area (Å²) in [5, 5.41) is 0. The van der Waals surface area contributed by atoms with Crippen molar-refractivity contribution in [2.75, 3.05) is 0 Å². The first kappa shape index (κ1) is 12.0. The molecule has 0 atom stereocenters. The molecule has 0 saturated carbocycles. The highest BCUT2D eigenvalue weighted by Crippen LogP contribution is 2.34. The zero-order chi connectivity index (χ0) is 12.5. The first-order chi connectivity index (χ1) is 7.98. The van der Waals surface area contributed by atoms with Crippen molar-refractivity contribution in [2.45, 2.75) is 33.1 Å². The van der Waals surface area contributed by atoms with Crippen LogP contribution in [0.2, 0.25) is 0 Å². The second kappa shape index (κ2) is 4.44. The van der Waals surface area contributed by atoms with Crippen LogP contribution in [-0.4, -0.2) is 5.78 Å². The Morgan fingerprint density at radius 2 is 1.88 bits per heavy atom. The van der Waals surface area contributed by atoms with Crippen LogP contribution in [0.3, 0.4) is 0 Å². The number of allylic oxidation sites excluding steroid dienone is 2. The van der Waals surface area contributed by atoms with Gasteiger partial charge in [0.05, 0.1) is 0 Å². The van der Waals surface area contributed by atoms with E-state index in [4.69, 9.17) is 0 Å². The van der Waals surface area contributed by atoms with E-state index in [2.05, 4.69) is 19.9 Å². The van der Waals surface area contributed by atoms with E-state index in [-0.39, 0.29) is 17.0 Å². The third kappa shape index (κ3) is 2.82. The summed E-state index contributed by atoms with van der Waals surface area (Å²) in [5.41, 5.74) is 1.55. The average Bonchev–Trinajstić information content (AvgIpc) is 2.28. The molecule has 0 N–H and O–H groups in total. The number of hydrogen-bond acceptors (Lipinski definition) is 1. The van der Waals surface area contributed by atoms with Crippen LogP contribution in [0.15, 0.2) is 35.9 Å². The summed E-state index contributed by atoms with van der Waals surface area (Å²) in [6.45, 7) is 4.29. The summed E-state index contributed by atoms with van der Waals surface area (Å²) < 4.78 is 12.8. The number of hydrogen-bond donors (Lipinski definition) is 0. The molecule has 0 aromatic heterocycles. The minimum Gasteiger partial charge on any atom is -0.289 e. The average molecular weight is 232 g/mol. The largest absolute Gasteiger partial charge is 0.289 e. The predicted molar refractivity (Wildman–Crippen MR) is 66.4 cm³/mol. The molecule has 17 heavy (non-hydrogen) atoms. The number of halogens is 1. The zero-order valence-electron chi connectivity index (χ0n) is 10.3. The van der Waals surface area contributed by atoms with Gasteiger partial charge in [-0.1, -0.05) is 19.9 Å². The van der Waals surface area contributed by atoms with E-state index in [1.807, 2.05) is 0 Å². The number of Topliss-reactive ketones (excluding diaryl/α,β-unsaturated/α-hetero) is 1. The molecule has 2 rings (SSSR count). The van der Waals surface area contributed by atoms with Crippen LogP contribution in [0.1, 0.15) is 43.5 Å². The minimum atomic E-state index is -0.306. The summed E-state index contributed by atoms with van der Waals surface area (Å²) >= 11 is 0. The number of ketones is 1. The number of benzene rings is 1. The van der Waals surface area contributed by atoms with E-state index < -0.39 is 0 Å². The van der Waals surface area contributed by atoms with E-state index >= 15 is 0 Å². The third-order valence-electron chi connectivity index (χ3n) is 3.23. The molecule has 0 bridgehead atoms. The number of rotatable bonds is 2. The van der Waals surface area contributed by atoms with Crippen LogP contribution in [0.25, 0.3) is 0 Å². The molecular formula is C15H17FO. The van der Waals surface area contributed by atoms with Crippen molar-refractivity contribution in [3.63, 3.8) is 0 Å². The lowest BCUT2D eigenvalue weighted by molar-refractivity contribution is 0.102. The fourth-order valence-electron chi connectivity index (χ4n) is 2.32. The van der Waals surface area contributed by atoms with Gasteiger partial charge in [0.15, 0.2) is 5.78 Å². The van der Waals surface area contributed by atoms with Crippen LogP contribution < -0.4 is 0 Å². The molecule has 0 aliphatic heterocycles. The van der Waals surface area contributed by atoms with Gasteiger partial charge in [-0.3, -0.25) is 4.79 Å². The van der Waals surface area contributed by atoms with Gasteiger partial charge in [0.25, 0.3) is 0 Å². The molecule has 0 amide bonds. The molecule has 1 aliphatic rings. The maximum absolute atomic E-state index is 12.8. The second-order valence-electron chi connectivity index (χ2n) is 5.35. The van der Waals surface area contributed by atoms with E-state index in [0.717, 1.165) is 24.8 Å². The summed E-state index contributed by atoms with van der Waals surface area (Å²) in [6, 6.07) is 5.78. The van der Waals surface area contributed by atoms with Crippen molar-refractivity contribution in [3.05, 3.63) is 47.3 Å². The number of carbonyl (C=O) groups is 1. The van der Waals surface area contributed by atoms with Gasteiger partial charge in [0.2, 0.25) is 0 Å². The van der Waals surface area contributed by atoms with Crippen LogP contribution >= 0.6 is 0 Å². The van der Waals surface area contributed by atoms with E-state index in [0.29, 0.717) is 5.56 Å². The normalized spacial score (nSPS) is 18.6. The smallest absolute Gasteiger partial charge is 0.188 e. The van der Waals surface area contributed by atoms with Crippen LogP contribution in [0.4, 0.5) is 4.39 Å². The molecule has 1 aliphatic carbocycles. The standard InChI is InChI=1S/C15H17FO/c1-15(2)9-3-4-12(10-15)14(17)11-5-7-13(16)8-6-11/h5-8,10H,3-4,9H2,1-2H3. The highest BCUT2D eigenvalue weighted by molar-refractivity contribution is 6.08. The Morgan fingerprint density at radius 3 is 2.47 bits per heavy atom. The zero-order valence-corrected chi connectivity index (χ0v) is 10.3. The van der Waals surface area contributed by atoms with Crippen molar-refractivity contribution >= 4 is 5.78 Å². The molecule has 0 saturated heterocycles. The molecule has 0 spiro atoms. The van der Waals surface area contributed by atoms with E-state index in [9.17, 15) is 9.18 Å². The maximum atomic E-state index is 12.8. The fraction of sp³-hybridized carbons (Fsp3) is 0.400. The molecule has 1 aromatic rings. The fourth-order valence-corrected chi connectivity index (χ4v) is 2.32. The van der Waals surface area contributed by atoms with Gasteiger partial charge >= 0.3 is 0 Å². The first-order valence-electron chi connectivity index (χ1n) is 6.00. The molecule has 1 nitrogen and oxygen atoms in total. The molecule has 0 radical (unpaired) electrons. The Hall–Kier alpha value is -1.44. The third-order valence-corrected chi connectivity index (χ3v) is 3.23. The Bertz CT molecular complexity index is 454. The predicted octanol–water partition coefficient (Wildman–Crippen LogP) is 4.14. The summed E-state index contributed by atoms with van der Waals surface area (Å²) in [6.07, 6.45) is 5.07. The highest BCUT2D eigenvalue weighted by atomic mass is 19.1. The SMILES string of the molecule is CC1(C)C=C(C(=O)c2ccc(F)cc2)CCC1. The Labute approximate surface area is 101 Å². The topological polar surface area (TPSA) is 17.1 Å². The van der Waals surface area contributed by atoms with Gasteiger partial charge in [-0.25, -0.2) is 4.39 Å². The van der Waals surface area contributed by atoms with Gasteiger partial charge in [0, 0.05) is 5.56 Å². The Balaban J connectivity index is 2.26.